The summed E-state index contributed by atoms with van der Waals surface area (Å²) in [6.45, 7) is 3.63. The highest BCUT2D eigenvalue weighted by Gasteiger charge is 2.05. The summed E-state index contributed by atoms with van der Waals surface area (Å²) in [5, 5.41) is 21.5. The molecule has 3 aromatic rings. The van der Waals surface area contributed by atoms with Crippen LogP contribution in [0, 0.1) is 13.8 Å². The number of rotatable bonds is 3. The van der Waals surface area contributed by atoms with E-state index < -0.39 is 0 Å². The summed E-state index contributed by atoms with van der Waals surface area (Å²) in [7, 11) is 0. The predicted octanol–water partition coefficient (Wildman–Crippen LogP) is 2.28. The van der Waals surface area contributed by atoms with Gasteiger partial charge in [0.2, 0.25) is 11.8 Å². The van der Waals surface area contributed by atoms with E-state index in [1.165, 1.54) is 4.68 Å². The Labute approximate surface area is 120 Å². The molecule has 0 aliphatic rings. The standard InChI is InChI=1S/C14H13N5O2/c1-9-5-11(7-12(20)6-9)14-15-8-19(18-14)4-3-13-17-16-10(2)21-13/h3-8,20H,1-2H3/b4-3-. The summed E-state index contributed by atoms with van der Waals surface area (Å²) < 4.78 is 6.76. The highest BCUT2D eigenvalue weighted by molar-refractivity contribution is 5.59. The van der Waals surface area contributed by atoms with Crippen LogP contribution in [0.2, 0.25) is 0 Å². The lowest BCUT2D eigenvalue weighted by atomic mass is 10.1. The Morgan fingerprint density at radius 3 is 2.76 bits per heavy atom. The zero-order valence-corrected chi connectivity index (χ0v) is 11.6. The van der Waals surface area contributed by atoms with Gasteiger partial charge in [0.25, 0.3) is 0 Å². The van der Waals surface area contributed by atoms with E-state index in [-0.39, 0.29) is 5.75 Å². The molecular formula is C14H13N5O2. The molecular weight excluding hydrogens is 270 g/mol. The van der Waals surface area contributed by atoms with Crippen molar-refractivity contribution in [1.82, 2.24) is 25.0 Å². The second kappa shape index (κ2) is 5.20. The summed E-state index contributed by atoms with van der Waals surface area (Å²) in [5.41, 5.74) is 1.70. The lowest BCUT2D eigenvalue weighted by molar-refractivity contribution is 0.475. The summed E-state index contributed by atoms with van der Waals surface area (Å²) in [6.07, 6.45) is 4.87. The Kier molecular flexibility index (Phi) is 3.23. The largest absolute Gasteiger partial charge is 0.508 e. The van der Waals surface area contributed by atoms with Gasteiger partial charge < -0.3 is 9.52 Å². The third kappa shape index (κ3) is 2.97. The van der Waals surface area contributed by atoms with Crippen LogP contribution in [-0.2, 0) is 0 Å². The summed E-state index contributed by atoms with van der Waals surface area (Å²) in [6, 6.07) is 5.21. The van der Waals surface area contributed by atoms with Gasteiger partial charge in [-0.15, -0.1) is 15.3 Å². The van der Waals surface area contributed by atoms with Crippen LogP contribution < -0.4 is 0 Å². The van der Waals surface area contributed by atoms with Crippen molar-refractivity contribution in [1.29, 1.82) is 0 Å². The first-order chi connectivity index (χ1) is 10.1. The Balaban J connectivity index is 1.84. The van der Waals surface area contributed by atoms with Gasteiger partial charge in [-0.3, -0.25) is 0 Å². The number of aryl methyl sites for hydroxylation is 2. The predicted molar refractivity (Wildman–Crippen MR) is 76.1 cm³/mol. The van der Waals surface area contributed by atoms with Crippen molar-refractivity contribution in [2.24, 2.45) is 0 Å². The number of phenolic OH excluding ortho intramolecular Hbond substituents is 1. The zero-order chi connectivity index (χ0) is 14.8. The monoisotopic (exact) mass is 283 g/mol. The minimum Gasteiger partial charge on any atom is -0.508 e. The van der Waals surface area contributed by atoms with Crippen LogP contribution in [0.4, 0.5) is 0 Å². The molecule has 0 unspecified atom stereocenters. The fraction of sp³-hybridized carbons (Fsp3) is 0.143. The van der Waals surface area contributed by atoms with Crippen molar-refractivity contribution < 1.29 is 9.52 Å². The van der Waals surface area contributed by atoms with Crippen LogP contribution in [0.3, 0.4) is 0 Å². The molecule has 21 heavy (non-hydrogen) atoms. The molecule has 0 saturated heterocycles. The lowest BCUT2D eigenvalue weighted by Crippen LogP contribution is -1.88. The van der Waals surface area contributed by atoms with Crippen molar-refractivity contribution in [2.45, 2.75) is 13.8 Å². The van der Waals surface area contributed by atoms with Gasteiger partial charge >= 0.3 is 0 Å². The van der Waals surface area contributed by atoms with Crippen molar-refractivity contribution in [3.63, 3.8) is 0 Å². The van der Waals surface area contributed by atoms with E-state index in [2.05, 4.69) is 20.3 Å². The van der Waals surface area contributed by atoms with Gasteiger partial charge in [-0.2, -0.15) is 0 Å². The molecule has 0 saturated carbocycles. The maximum Gasteiger partial charge on any atom is 0.242 e. The first-order valence-corrected chi connectivity index (χ1v) is 6.30. The van der Waals surface area contributed by atoms with E-state index in [4.69, 9.17) is 4.42 Å². The van der Waals surface area contributed by atoms with Gasteiger partial charge in [0.05, 0.1) is 0 Å². The first kappa shape index (κ1) is 13.0. The molecule has 7 heteroatoms. The number of aromatic nitrogens is 5. The molecule has 0 spiro atoms. The Morgan fingerprint density at radius 2 is 2.05 bits per heavy atom. The zero-order valence-electron chi connectivity index (χ0n) is 11.6. The van der Waals surface area contributed by atoms with E-state index in [0.717, 1.165) is 11.1 Å². The summed E-state index contributed by atoms with van der Waals surface area (Å²) in [4.78, 5) is 4.21. The number of nitrogens with zero attached hydrogens (tertiary/aromatic N) is 5. The molecule has 0 fully saturated rings. The number of hydrogen-bond donors (Lipinski definition) is 1. The molecule has 2 aromatic heterocycles. The van der Waals surface area contributed by atoms with Crippen LogP contribution in [-0.4, -0.2) is 30.1 Å². The third-order valence-corrected chi connectivity index (χ3v) is 2.74. The van der Waals surface area contributed by atoms with Gasteiger partial charge in [-0.25, -0.2) is 9.67 Å². The van der Waals surface area contributed by atoms with Gasteiger partial charge in [0.1, 0.15) is 12.1 Å². The number of aromatic hydroxyl groups is 1. The van der Waals surface area contributed by atoms with Crippen LogP contribution in [0.1, 0.15) is 17.3 Å². The molecule has 1 N–H and O–H groups in total. The molecule has 106 valence electrons. The molecule has 1 aromatic carbocycles. The van der Waals surface area contributed by atoms with Crippen molar-refractivity contribution in [3.05, 3.63) is 41.9 Å². The van der Waals surface area contributed by atoms with Crippen LogP contribution in [0.15, 0.2) is 28.9 Å². The number of hydrogen-bond acceptors (Lipinski definition) is 6. The molecule has 0 amide bonds. The molecule has 3 rings (SSSR count). The fourth-order valence-electron chi connectivity index (χ4n) is 1.89. The van der Waals surface area contributed by atoms with E-state index in [1.807, 2.05) is 13.0 Å². The second-order valence-corrected chi connectivity index (χ2v) is 4.58. The second-order valence-electron chi connectivity index (χ2n) is 4.58. The van der Waals surface area contributed by atoms with E-state index in [0.29, 0.717) is 17.6 Å². The van der Waals surface area contributed by atoms with E-state index in [1.54, 1.807) is 37.7 Å². The highest BCUT2D eigenvalue weighted by Crippen LogP contribution is 2.22. The SMILES string of the molecule is Cc1cc(O)cc(-c2ncn(/C=C\c3nnc(C)o3)n2)c1. The molecule has 0 bridgehead atoms. The van der Waals surface area contributed by atoms with Crippen molar-refractivity contribution in [2.75, 3.05) is 0 Å². The molecule has 0 aliphatic carbocycles. The smallest absolute Gasteiger partial charge is 0.242 e. The fourth-order valence-corrected chi connectivity index (χ4v) is 1.89. The Bertz CT molecular complexity index is 783. The van der Waals surface area contributed by atoms with Gasteiger partial charge in [0, 0.05) is 24.8 Å². The highest BCUT2D eigenvalue weighted by atomic mass is 16.4. The molecule has 0 aliphatic heterocycles. The van der Waals surface area contributed by atoms with E-state index in [9.17, 15) is 5.11 Å². The first-order valence-electron chi connectivity index (χ1n) is 6.30. The normalized spacial score (nSPS) is 11.3. The van der Waals surface area contributed by atoms with Crippen molar-refractivity contribution >= 4 is 12.3 Å². The number of phenols is 1. The third-order valence-electron chi connectivity index (χ3n) is 2.74. The minimum absolute atomic E-state index is 0.193. The van der Waals surface area contributed by atoms with Crippen LogP contribution in [0.5, 0.6) is 5.75 Å². The Morgan fingerprint density at radius 1 is 1.19 bits per heavy atom. The number of benzene rings is 1. The summed E-state index contributed by atoms with van der Waals surface area (Å²) >= 11 is 0. The van der Waals surface area contributed by atoms with Crippen molar-refractivity contribution in [3.8, 4) is 17.1 Å². The van der Waals surface area contributed by atoms with E-state index >= 15 is 0 Å². The summed E-state index contributed by atoms with van der Waals surface area (Å²) in [5.74, 6) is 1.63. The van der Waals surface area contributed by atoms with Crippen LogP contribution in [0.25, 0.3) is 23.7 Å². The topological polar surface area (TPSA) is 89.9 Å². The minimum atomic E-state index is 0.193. The van der Waals surface area contributed by atoms with Gasteiger partial charge in [-0.1, -0.05) is 0 Å². The maximum absolute atomic E-state index is 9.61. The molecule has 0 atom stereocenters. The van der Waals surface area contributed by atoms with Gasteiger partial charge in [-0.05, 0) is 30.7 Å². The quantitative estimate of drug-likeness (QED) is 0.793. The molecule has 2 heterocycles. The van der Waals surface area contributed by atoms with Gasteiger partial charge in [0.15, 0.2) is 5.82 Å². The molecule has 7 nitrogen and oxygen atoms in total. The Hall–Kier alpha value is -2.96. The van der Waals surface area contributed by atoms with Crippen LogP contribution >= 0.6 is 0 Å². The lowest BCUT2D eigenvalue weighted by Gasteiger charge is -1.99. The maximum atomic E-state index is 9.61. The molecule has 0 radical (unpaired) electrons. The average molecular weight is 283 g/mol. The average Bonchev–Trinajstić information content (AvgIpc) is 3.04.